The summed E-state index contributed by atoms with van der Waals surface area (Å²) in [5, 5.41) is 6.73. The maximum atomic E-state index is 12.2. The van der Waals surface area contributed by atoms with Crippen molar-refractivity contribution in [2.24, 2.45) is 4.99 Å². The lowest BCUT2D eigenvalue weighted by molar-refractivity contribution is 0.183. The van der Waals surface area contributed by atoms with Gasteiger partial charge in [0.05, 0.1) is 23.5 Å². The number of thiocarbonyl (C=S) groups is 1. The summed E-state index contributed by atoms with van der Waals surface area (Å²) in [5.41, 5.74) is 1.08. The first kappa shape index (κ1) is 11.7. The van der Waals surface area contributed by atoms with Crippen LogP contribution in [0.1, 0.15) is 36.9 Å². The fourth-order valence-corrected chi connectivity index (χ4v) is 2.29. The van der Waals surface area contributed by atoms with Crippen LogP contribution >= 0.6 is 12.2 Å². The van der Waals surface area contributed by atoms with E-state index in [2.05, 4.69) is 27.5 Å². The molecular weight excluding hydrogens is 250 g/mol. The maximum absolute atomic E-state index is 12.2. The summed E-state index contributed by atoms with van der Waals surface area (Å²) in [6, 6.07) is 1.77. The average Bonchev–Trinajstić information content (AvgIpc) is 3.08. The third kappa shape index (κ3) is 2.14. The van der Waals surface area contributed by atoms with Crippen LogP contribution in [0.5, 0.6) is 0 Å². The summed E-state index contributed by atoms with van der Waals surface area (Å²) in [6.07, 6.45) is 3.09. The third-order valence-corrected chi connectivity index (χ3v) is 3.44. The van der Waals surface area contributed by atoms with Gasteiger partial charge in [-0.15, -0.1) is 0 Å². The zero-order valence-corrected chi connectivity index (χ0v) is 10.7. The van der Waals surface area contributed by atoms with E-state index in [1.54, 1.807) is 6.07 Å². The van der Waals surface area contributed by atoms with Gasteiger partial charge in [0.2, 0.25) is 0 Å². The van der Waals surface area contributed by atoms with Crippen LogP contribution in [0.4, 0.5) is 5.69 Å². The average molecular weight is 263 g/mol. The van der Waals surface area contributed by atoms with Crippen molar-refractivity contribution in [3.05, 3.63) is 22.1 Å². The minimum absolute atomic E-state index is 0.0234. The van der Waals surface area contributed by atoms with E-state index in [4.69, 9.17) is 4.74 Å². The predicted molar refractivity (Wildman–Crippen MR) is 69.6 cm³/mol. The second-order valence-electron chi connectivity index (χ2n) is 4.70. The molecule has 0 radical (unpaired) electrons. The summed E-state index contributed by atoms with van der Waals surface area (Å²) in [4.78, 5) is 16.1. The Morgan fingerprint density at radius 2 is 2.33 bits per heavy atom. The summed E-state index contributed by atoms with van der Waals surface area (Å²) < 4.78 is 6.84. The minimum Gasteiger partial charge on any atom is -0.379 e. The zero-order valence-electron chi connectivity index (χ0n) is 9.83. The van der Waals surface area contributed by atoms with Crippen LogP contribution in [0, 0.1) is 0 Å². The molecule has 1 saturated carbocycles. The molecular formula is C12H13N3O2S. The lowest BCUT2D eigenvalue weighted by atomic mass is 10.2. The highest BCUT2D eigenvalue weighted by molar-refractivity contribution is 7.78. The van der Waals surface area contributed by atoms with Crippen LogP contribution in [-0.4, -0.2) is 28.2 Å². The van der Waals surface area contributed by atoms with Crippen LogP contribution in [0.2, 0.25) is 0 Å². The van der Waals surface area contributed by atoms with Gasteiger partial charge in [-0.1, -0.05) is 0 Å². The first-order valence-electron chi connectivity index (χ1n) is 6.09. The highest BCUT2D eigenvalue weighted by atomic mass is 32.1. The molecule has 2 aliphatic rings. The van der Waals surface area contributed by atoms with Crippen molar-refractivity contribution in [2.75, 3.05) is 13.2 Å². The normalized spacial score (nSPS) is 22.8. The van der Waals surface area contributed by atoms with Gasteiger partial charge in [-0.3, -0.25) is 4.79 Å². The van der Waals surface area contributed by atoms with E-state index in [-0.39, 0.29) is 11.6 Å². The Bertz CT molecular complexity index is 567. The molecule has 1 saturated heterocycles. The Hall–Kier alpha value is -1.36. The van der Waals surface area contributed by atoms with Gasteiger partial charge in [-0.25, -0.2) is 4.68 Å². The van der Waals surface area contributed by atoms with E-state index in [0.29, 0.717) is 24.8 Å². The lowest BCUT2D eigenvalue weighted by Gasteiger charge is -2.12. The molecule has 1 atom stereocenters. The molecule has 6 heteroatoms. The maximum Gasteiger partial charge on any atom is 0.293 e. The second-order valence-corrected chi connectivity index (χ2v) is 4.88. The molecule has 3 rings (SSSR count). The molecule has 0 N–H and O–H groups in total. The Kier molecular flexibility index (Phi) is 3.07. The molecule has 0 aromatic carbocycles. The minimum atomic E-state index is -0.202. The van der Waals surface area contributed by atoms with Gasteiger partial charge in [-0.2, -0.15) is 10.1 Å². The molecule has 1 aliphatic carbocycles. The molecule has 5 nitrogen and oxygen atoms in total. The number of rotatable bonds is 3. The third-order valence-electron chi connectivity index (χ3n) is 3.35. The van der Waals surface area contributed by atoms with E-state index in [0.717, 1.165) is 25.0 Å². The van der Waals surface area contributed by atoms with Crippen LogP contribution in [0.3, 0.4) is 0 Å². The second kappa shape index (κ2) is 4.72. The molecule has 1 aromatic rings. The van der Waals surface area contributed by atoms with Crippen molar-refractivity contribution in [1.82, 2.24) is 9.78 Å². The molecule has 94 valence electrons. The zero-order chi connectivity index (χ0) is 12.5. The van der Waals surface area contributed by atoms with Crippen LogP contribution in [0.15, 0.2) is 15.9 Å². The standard InChI is InChI=1S/C12H13N3O2S/c16-12-11(13-7-18)5-10(8-1-2-8)14-15(12)9-3-4-17-6-9/h5,8-9H,1-4,6H2/t9-/m0/s1. The highest BCUT2D eigenvalue weighted by Gasteiger charge is 2.29. The Morgan fingerprint density at radius 3 is 2.94 bits per heavy atom. The van der Waals surface area contributed by atoms with Gasteiger partial charge in [0, 0.05) is 12.5 Å². The quantitative estimate of drug-likeness (QED) is 0.616. The van der Waals surface area contributed by atoms with E-state index >= 15 is 0 Å². The van der Waals surface area contributed by atoms with Crippen LogP contribution < -0.4 is 5.56 Å². The van der Waals surface area contributed by atoms with Crippen molar-refractivity contribution in [3.63, 3.8) is 0 Å². The van der Waals surface area contributed by atoms with Gasteiger partial charge < -0.3 is 4.74 Å². The van der Waals surface area contributed by atoms with Gasteiger partial charge in [0.1, 0.15) is 5.69 Å². The monoisotopic (exact) mass is 263 g/mol. The van der Waals surface area contributed by atoms with Crippen molar-refractivity contribution >= 4 is 23.1 Å². The molecule has 0 bridgehead atoms. The number of aromatic nitrogens is 2. The Labute approximate surface area is 109 Å². The highest BCUT2D eigenvalue weighted by Crippen LogP contribution is 2.39. The first-order valence-corrected chi connectivity index (χ1v) is 6.50. The number of hydrogen-bond donors (Lipinski definition) is 0. The van der Waals surface area contributed by atoms with E-state index < -0.39 is 0 Å². The summed E-state index contributed by atoms with van der Waals surface area (Å²) >= 11 is 4.59. The van der Waals surface area contributed by atoms with Crippen LogP contribution in [0.25, 0.3) is 0 Å². The van der Waals surface area contributed by atoms with Crippen molar-refractivity contribution in [1.29, 1.82) is 0 Å². The van der Waals surface area contributed by atoms with E-state index in [1.807, 2.05) is 0 Å². The molecule has 2 heterocycles. The number of nitrogens with zero attached hydrogens (tertiary/aromatic N) is 3. The SMILES string of the molecule is O=c1c(N=C=S)cc(C2CC2)nn1[C@H]1CCOC1. The Morgan fingerprint density at radius 1 is 1.50 bits per heavy atom. The van der Waals surface area contributed by atoms with Crippen molar-refractivity contribution in [3.8, 4) is 0 Å². The lowest BCUT2D eigenvalue weighted by Crippen LogP contribution is -2.28. The molecule has 0 unspecified atom stereocenters. The number of ether oxygens (including phenoxy) is 1. The fourth-order valence-electron chi connectivity index (χ4n) is 2.19. The van der Waals surface area contributed by atoms with Gasteiger partial charge >= 0.3 is 0 Å². The van der Waals surface area contributed by atoms with E-state index in [1.165, 1.54) is 4.68 Å². The van der Waals surface area contributed by atoms with Crippen molar-refractivity contribution in [2.45, 2.75) is 31.2 Å². The molecule has 1 aliphatic heterocycles. The number of isothiocyanates is 1. The molecule has 18 heavy (non-hydrogen) atoms. The van der Waals surface area contributed by atoms with Gasteiger partial charge in [-0.05, 0) is 37.5 Å². The van der Waals surface area contributed by atoms with Gasteiger partial charge in [0.25, 0.3) is 5.56 Å². The molecule has 1 aromatic heterocycles. The van der Waals surface area contributed by atoms with E-state index in [9.17, 15) is 4.79 Å². The van der Waals surface area contributed by atoms with Crippen molar-refractivity contribution < 1.29 is 4.74 Å². The largest absolute Gasteiger partial charge is 0.379 e. The molecule has 0 spiro atoms. The fraction of sp³-hybridized carbons (Fsp3) is 0.583. The molecule has 0 amide bonds. The summed E-state index contributed by atoms with van der Waals surface area (Å²) in [6.45, 7) is 1.22. The Balaban J connectivity index is 2.09. The number of hydrogen-bond acceptors (Lipinski definition) is 5. The van der Waals surface area contributed by atoms with Gasteiger partial charge in [0.15, 0.2) is 0 Å². The number of aliphatic imine (C=N–C) groups is 1. The first-order chi connectivity index (χ1) is 8.79. The smallest absolute Gasteiger partial charge is 0.293 e. The predicted octanol–water partition coefficient (Wildman–Crippen LogP) is 1.82. The molecule has 2 fully saturated rings. The summed E-state index contributed by atoms with van der Waals surface area (Å²) in [7, 11) is 0. The topological polar surface area (TPSA) is 56.5 Å². The summed E-state index contributed by atoms with van der Waals surface area (Å²) in [5.74, 6) is 0.471. The van der Waals surface area contributed by atoms with Crippen LogP contribution in [-0.2, 0) is 4.74 Å².